The second-order valence-corrected chi connectivity index (χ2v) is 5.05. The van der Waals surface area contributed by atoms with E-state index in [4.69, 9.17) is 5.73 Å². The van der Waals surface area contributed by atoms with Gasteiger partial charge in [0.2, 0.25) is 0 Å². The Kier molecular flexibility index (Phi) is 3.79. The molecule has 1 aromatic rings. The van der Waals surface area contributed by atoms with Crippen LogP contribution in [-0.4, -0.2) is 23.5 Å². The SMILES string of the molecule is CC(N)C(c1ccccc1F)N1CCCC1C. The standard InChI is InChI=1S/C14H21FN2/c1-10-6-5-9-17(10)14(11(2)16)12-7-3-4-8-13(12)15/h3-4,7-8,10-11,14H,5-6,9,16H2,1-2H3. The number of halogens is 1. The number of nitrogens with two attached hydrogens (primary N) is 1. The van der Waals surface area contributed by atoms with Crippen LogP contribution in [0.25, 0.3) is 0 Å². The third-order valence-corrected chi connectivity index (χ3v) is 3.68. The fourth-order valence-electron chi connectivity index (χ4n) is 2.85. The average molecular weight is 236 g/mol. The van der Waals surface area contributed by atoms with Crippen LogP contribution in [0.5, 0.6) is 0 Å². The number of hydrogen-bond donors (Lipinski definition) is 1. The summed E-state index contributed by atoms with van der Waals surface area (Å²) < 4.78 is 13.9. The molecule has 2 nitrogen and oxygen atoms in total. The monoisotopic (exact) mass is 236 g/mol. The van der Waals surface area contributed by atoms with Crippen LogP contribution in [0.1, 0.15) is 38.3 Å². The smallest absolute Gasteiger partial charge is 0.128 e. The first-order chi connectivity index (χ1) is 8.11. The number of benzene rings is 1. The molecule has 0 saturated carbocycles. The first-order valence-corrected chi connectivity index (χ1v) is 6.37. The molecule has 0 spiro atoms. The van der Waals surface area contributed by atoms with Crippen molar-refractivity contribution in [1.29, 1.82) is 0 Å². The fraction of sp³-hybridized carbons (Fsp3) is 0.571. The van der Waals surface area contributed by atoms with Gasteiger partial charge >= 0.3 is 0 Å². The molecule has 1 fully saturated rings. The van der Waals surface area contributed by atoms with Gasteiger partial charge in [-0.2, -0.15) is 0 Å². The molecule has 0 amide bonds. The van der Waals surface area contributed by atoms with Gasteiger partial charge in [0.1, 0.15) is 5.82 Å². The molecule has 3 heteroatoms. The Morgan fingerprint density at radius 1 is 1.41 bits per heavy atom. The van der Waals surface area contributed by atoms with E-state index in [0.717, 1.165) is 12.1 Å². The zero-order chi connectivity index (χ0) is 12.4. The second kappa shape index (κ2) is 5.15. The van der Waals surface area contributed by atoms with E-state index in [2.05, 4.69) is 11.8 Å². The van der Waals surface area contributed by atoms with Crippen molar-refractivity contribution < 1.29 is 4.39 Å². The summed E-state index contributed by atoms with van der Waals surface area (Å²) in [4.78, 5) is 2.34. The lowest BCUT2D eigenvalue weighted by Crippen LogP contribution is -2.41. The Hall–Kier alpha value is -0.930. The predicted molar refractivity (Wildman–Crippen MR) is 68.2 cm³/mol. The van der Waals surface area contributed by atoms with E-state index in [1.165, 1.54) is 18.9 Å². The molecule has 0 radical (unpaired) electrons. The van der Waals surface area contributed by atoms with Crippen molar-refractivity contribution in [3.8, 4) is 0 Å². The van der Waals surface area contributed by atoms with Gasteiger partial charge < -0.3 is 5.73 Å². The van der Waals surface area contributed by atoms with E-state index in [0.29, 0.717) is 6.04 Å². The molecule has 0 aliphatic carbocycles. The van der Waals surface area contributed by atoms with Gasteiger partial charge in [0.05, 0.1) is 6.04 Å². The highest BCUT2D eigenvalue weighted by Crippen LogP contribution is 2.32. The van der Waals surface area contributed by atoms with Gasteiger partial charge in [-0.15, -0.1) is 0 Å². The summed E-state index contributed by atoms with van der Waals surface area (Å²) in [5, 5.41) is 0. The van der Waals surface area contributed by atoms with Gasteiger partial charge in [0.15, 0.2) is 0 Å². The molecule has 1 aromatic carbocycles. The van der Waals surface area contributed by atoms with Crippen LogP contribution in [0, 0.1) is 5.82 Å². The van der Waals surface area contributed by atoms with Gasteiger partial charge in [-0.1, -0.05) is 18.2 Å². The van der Waals surface area contributed by atoms with E-state index in [1.54, 1.807) is 6.07 Å². The maximum atomic E-state index is 13.9. The summed E-state index contributed by atoms with van der Waals surface area (Å²) in [6.45, 7) is 5.17. The quantitative estimate of drug-likeness (QED) is 0.874. The molecule has 3 unspecified atom stereocenters. The molecule has 2 N–H and O–H groups in total. The lowest BCUT2D eigenvalue weighted by atomic mass is 9.98. The largest absolute Gasteiger partial charge is 0.326 e. The van der Waals surface area contributed by atoms with Crippen LogP contribution < -0.4 is 5.73 Å². The van der Waals surface area contributed by atoms with Crippen LogP contribution in [0.3, 0.4) is 0 Å². The maximum absolute atomic E-state index is 13.9. The minimum atomic E-state index is -0.145. The predicted octanol–water partition coefficient (Wildman–Crippen LogP) is 2.70. The van der Waals surface area contributed by atoms with E-state index in [9.17, 15) is 4.39 Å². The minimum absolute atomic E-state index is 0.00583. The molecule has 1 heterocycles. The van der Waals surface area contributed by atoms with Crippen molar-refractivity contribution in [1.82, 2.24) is 4.90 Å². The summed E-state index contributed by atoms with van der Waals surface area (Å²) in [6, 6.07) is 7.41. The van der Waals surface area contributed by atoms with Crippen LogP contribution in [0.15, 0.2) is 24.3 Å². The van der Waals surface area contributed by atoms with Crippen LogP contribution >= 0.6 is 0 Å². The zero-order valence-corrected chi connectivity index (χ0v) is 10.6. The van der Waals surface area contributed by atoms with Gasteiger partial charge in [-0.3, -0.25) is 4.90 Å². The summed E-state index contributed by atoms with van der Waals surface area (Å²) in [7, 11) is 0. The summed E-state index contributed by atoms with van der Waals surface area (Å²) in [5.74, 6) is -0.145. The highest BCUT2D eigenvalue weighted by atomic mass is 19.1. The highest BCUT2D eigenvalue weighted by Gasteiger charge is 2.32. The van der Waals surface area contributed by atoms with Crippen LogP contribution in [0.2, 0.25) is 0 Å². The lowest BCUT2D eigenvalue weighted by Gasteiger charge is -2.34. The number of hydrogen-bond acceptors (Lipinski definition) is 2. The molecule has 1 aliphatic rings. The van der Waals surface area contributed by atoms with Gasteiger partial charge in [0.25, 0.3) is 0 Å². The molecule has 0 bridgehead atoms. The Bertz CT molecular complexity index is 378. The fourth-order valence-corrected chi connectivity index (χ4v) is 2.85. The van der Waals surface area contributed by atoms with Crippen molar-refractivity contribution in [2.24, 2.45) is 5.73 Å². The third-order valence-electron chi connectivity index (χ3n) is 3.68. The Balaban J connectivity index is 2.32. The topological polar surface area (TPSA) is 29.3 Å². The molecule has 3 atom stereocenters. The first kappa shape index (κ1) is 12.5. The molecular formula is C14H21FN2. The van der Waals surface area contributed by atoms with Crippen molar-refractivity contribution in [2.45, 2.75) is 44.8 Å². The van der Waals surface area contributed by atoms with Gasteiger partial charge in [-0.25, -0.2) is 4.39 Å². The van der Waals surface area contributed by atoms with Crippen LogP contribution in [-0.2, 0) is 0 Å². The molecule has 17 heavy (non-hydrogen) atoms. The highest BCUT2D eigenvalue weighted by molar-refractivity contribution is 5.23. The third kappa shape index (κ3) is 2.50. The summed E-state index contributed by atoms with van der Waals surface area (Å²) in [5.41, 5.74) is 6.80. The maximum Gasteiger partial charge on any atom is 0.128 e. The molecular weight excluding hydrogens is 215 g/mol. The first-order valence-electron chi connectivity index (χ1n) is 6.37. The number of nitrogens with zero attached hydrogens (tertiary/aromatic N) is 1. The molecule has 1 aliphatic heterocycles. The van der Waals surface area contributed by atoms with E-state index < -0.39 is 0 Å². The van der Waals surface area contributed by atoms with Gasteiger partial charge in [0, 0.05) is 17.6 Å². The molecule has 1 saturated heterocycles. The summed E-state index contributed by atoms with van der Waals surface area (Å²) >= 11 is 0. The number of rotatable bonds is 3. The molecule has 2 rings (SSSR count). The van der Waals surface area contributed by atoms with Crippen molar-refractivity contribution in [3.05, 3.63) is 35.6 Å². The Morgan fingerprint density at radius 3 is 2.65 bits per heavy atom. The van der Waals surface area contributed by atoms with E-state index >= 15 is 0 Å². The normalized spacial score (nSPS) is 24.8. The zero-order valence-electron chi connectivity index (χ0n) is 10.6. The minimum Gasteiger partial charge on any atom is -0.326 e. The van der Waals surface area contributed by atoms with Crippen molar-refractivity contribution in [2.75, 3.05) is 6.54 Å². The Labute approximate surface area is 103 Å². The molecule has 0 aromatic heterocycles. The van der Waals surface area contributed by atoms with E-state index in [-0.39, 0.29) is 17.9 Å². The average Bonchev–Trinajstić information content (AvgIpc) is 2.68. The molecule has 94 valence electrons. The van der Waals surface area contributed by atoms with E-state index in [1.807, 2.05) is 19.1 Å². The van der Waals surface area contributed by atoms with Crippen molar-refractivity contribution in [3.63, 3.8) is 0 Å². The second-order valence-electron chi connectivity index (χ2n) is 5.05. The lowest BCUT2D eigenvalue weighted by molar-refractivity contribution is 0.166. The summed E-state index contributed by atoms with van der Waals surface area (Å²) in [6.07, 6.45) is 2.36. The number of likely N-dealkylation sites (tertiary alicyclic amines) is 1. The Morgan fingerprint density at radius 2 is 2.12 bits per heavy atom. The van der Waals surface area contributed by atoms with Crippen molar-refractivity contribution >= 4 is 0 Å². The van der Waals surface area contributed by atoms with Crippen LogP contribution in [0.4, 0.5) is 4.39 Å². The van der Waals surface area contributed by atoms with Gasteiger partial charge in [-0.05, 0) is 39.3 Å².